The summed E-state index contributed by atoms with van der Waals surface area (Å²) in [4.78, 5) is 2.30. The van der Waals surface area contributed by atoms with Crippen molar-refractivity contribution in [3.63, 3.8) is 0 Å². The lowest BCUT2D eigenvalue weighted by Gasteiger charge is -2.31. The summed E-state index contributed by atoms with van der Waals surface area (Å²) in [5, 5.41) is 0. The topological polar surface area (TPSA) is 12.5 Å². The van der Waals surface area contributed by atoms with Gasteiger partial charge in [-0.2, -0.15) is 0 Å². The number of rotatable bonds is 5. The first-order chi connectivity index (χ1) is 7.08. The molecule has 2 nitrogen and oxygen atoms in total. The summed E-state index contributed by atoms with van der Waals surface area (Å²) in [6.07, 6.45) is 5.81. The fourth-order valence-corrected chi connectivity index (χ4v) is 2.40. The van der Waals surface area contributed by atoms with Gasteiger partial charge in [-0.05, 0) is 45.2 Å². The third-order valence-corrected chi connectivity index (χ3v) is 3.02. The van der Waals surface area contributed by atoms with Crippen LogP contribution in [0.2, 0.25) is 0 Å². The molecule has 2 unspecified atom stereocenters. The van der Waals surface area contributed by atoms with Crippen LogP contribution >= 0.6 is 0 Å². The van der Waals surface area contributed by atoms with E-state index >= 15 is 0 Å². The molecule has 2 atom stereocenters. The fourth-order valence-electron chi connectivity index (χ4n) is 2.40. The van der Waals surface area contributed by atoms with Crippen LogP contribution in [0.3, 0.4) is 0 Å². The Morgan fingerprint density at radius 3 is 2.60 bits per heavy atom. The molecule has 0 radical (unpaired) electrons. The Labute approximate surface area is 95.0 Å². The monoisotopic (exact) mass is 213 g/mol. The zero-order valence-corrected chi connectivity index (χ0v) is 10.8. The highest BCUT2D eigenvalue weighted by Crippen LogP contribution is 2.26. The van der Waals surface area contributed by atoms with Gasteiger partial charge >= 0.3 is 0 Å². The average Bonchev–Trinajstić information content (AvgIpc) is 2.14. The zero-order valence-electron chi connectivity index (χ0n) is 10.8. The van der Waals surface area contributed by atoms with Crippen molar-refractivity contribution in [2.24, 2.45) is 11.8 Å². The molecule has 1 fully saturated rings. The van der Waals surface area contributed by atoms with Gasteiger partial charge in [0.25, 0.3) is 0 Å². The molecule has 1 rings (SSSR count). The van der Waals surface area contributed by atoms with Crippen LogP contribution in [0.25, 0.3) is 0 Å². The largest absolute Gasteiger partial charge is 0.378 e. The van der Waals surface area contributed by atoms with E-state index in [1.807, 2.05) is 0 Å². The van der Waals surface area contributed by atoms with Crippen LogP contribution in [0, 0.1) is 11.8 Å². The van der Waals surface area contributed by atoms with Crippen molar-refractivity contribution < 1.29 is 4.74 Å². The second-order valence-corrected chi connectivity index (χ2v) is 5.64. The second kappa shape index (κ2) is 6.49. The van der Waals surface area contributed by atoms with Gasteiger partial charge in [-0.3, -0.25) is 0 Å². The van der Waals surface area contributed by atoms with E-state index in [4.69, 9.17) is 4.74 Å². The van der Waals surface area contributed by atoms with Crippen molar-refractivity contribution in [1.82, 2.24) is 4.90 Å². The van der Waals surface area contributed by atoms with Gasteiger partial charge in [0.1, 0.15) is 0 Å². The molecule has 15 heavy (non-hydrogen) atoms. The lowest BCUT2D eigenvalue weighted by atomic mass is 9.87. The molecular weight excluding hydrogens is 186 g/mol. The minimum atomic E-state index is 0.533. The van der Waals surface area contributed by atoms with Crippen molar-refractivity contribution in [3.05, 3.63) is 0 Å². The van der Waals surface area contributed by atoms with E-state index in [0.717, 1.165) is 12.5 Å². The highest BCUT2D eigenvalue weighted by atomic mass is 16.5. The van der Waals surface area contributed by atoms with Gasteiger partial charge in [0.05, 0.1) is 6.10 Å². The molecule has 0 amide bonds. The first kappa shape index (κ1) is 13.0. The highest BCUT2D eigenvalue weighted by molar-refractivity contribution is 4.75. The predicted octanol–water partition coefficient (Wildman–Crippen LogP) is 2.78. The number of hydrogen-bond donors (Lipinski definition) is 0. The van der Waals surface area contributed by atoms with E-state index in [1.54, 1.807) is 0 Å². The van der Waals surface area contributed by atoms with Crippen molar-refractivity contribution in [2.75, 3.05) is 27.2 Å². The van der Waals surface area contributed by atoms with Crippen molar-refractivity contribution >= 4 is 0 Å². The highest BCUT2D eigenvalue weighted by Gasteiger charge is 2.22. The molecule has 0 spiro atoms. The maximum atomic E-state index is 5.94. The Hall–Kier alpha value is -0.0800. The van der Waals surface area contributed by atoms with Gasteiger partial charge in [0.2, 0.25) is 0 Å². The van der Waals surface area contributed by atoms with Gasteiger partial charge in [-0.25, -0.2) is 0 Å². The van der Waals surface area contributed by atoms with Gasteiger partial charge in [-0.1, -0.05) is 20.3 Å². The van der Waals surface area contributed by atoms with Crippen LogP contribution in [0.15, 0.2) is 0 Å². The molecule has 1 saturated carbocycles. The van der Waals surface area contributed by atoms with Crippen LogP contribution < -0.4 is 0 Å². The molecule has 0 aromatic carbocycles. The molecule has 0 aromatic heterocycles. The van der Waals surface area contributed by atoms with E-state index in [9.17, 15) is 0 Å². The molecule has 0 aliphatic heterocycles. The molecule has 1 aliphatic rings. The van der Waals surface area contributed by atoms with Crippen molar-refractivity contribution in [1.29, 1.82) is 0 Å². The summed E-state index contributed by atoms with van der Waals surface area (Å²) < 4.78 is 5.94. The Morgan fingerprint density at radius 2 is 2.00 bits per heavy atom. The normalized spacial score (nSPS) is 27.6. The van der Waals surface area contributed by atoms with E-state index in [1.165, 1.54) is 32.2 Å². The minimum Gasteiger partial charge on any atom is -0.378 e. The molecule has 2 heteroatoms. The second-order valence-electron chi connectivity index (χ2n) is 5.64. The molecule has 0 bridgehead atoms. The summed E-state index contributed by atoms with van der Waals surface area (Å²) in [6.45, 7) is 6.60. The summed E-state index contributed by atoms with van der Waals surface area (Å²) in [5.41, 5.74) is 0. The van der Waals surface area contributed by atoms with Crippen LogP contribution in [0.5, 0.6) is 0 Å². The molecule has 90 valence electrons. The maximum absolute atomic E-state index is 5.94. The van der Waals surface area contributed by atoms with Gasteiger partial charge in [0, 0.05) is 13.2 Å². The van der Waals surface area contributed by atoms with Crippen LogP contribution in [-0.2, 0) is 4.74 Å². The first-order valence-corrected chi connectivity index (χ1v) is 6.34. The van der Waals surface area contributed by atoms with Gasteiger partial charge in [0.15, 0.2) is 0 Å². The Morgan fingerprint density at radius 1 is 1.27 bits per heavy atom. The standard InChI is InChI=1S/C13H27NO/c1-11(2)10-15-13-7-5-6-12(8-13)9-14(3)4/h11-13H,5-10H2,1-4H3. The summed E-state index contributed by atoms with van der Waals surface area (Å²) >= 11 is 0. The number of ether oxygens (including phenoxy) is 1. The zero-order chi connectivity index (χ0) is 11.3. The fraction of sp³-hybridized carbons (Fsp3) is 1.00. The Kier molecular flexibility index (Phi) is 5.62. The van der Waals surface area contributed by atoms with Gasteiger partial charge in [-0.15, -0.1) is 0 Å². The molecule has 0 aromatic rings. The summed E-state index contributed by atoms with van der Waals surface area (Å²) in [5.74, 6) is 1.52. The summed E-state index contributed by atoms with van der Waals surface area (Å²) in [7, 11) is 4.33. The quantitative estimate of drug-likeness (QED) is 0.696. The van der Waals surface area contributed by atoms with E-state index in [-0.39, 0.29) is 0 Å². The Bertz CT molecular complexity index is 168. The predicted molar refractivity (Wildman–Crippen MR) is 65.1 cm³/mol. The number of nitrogens with zero attached hydrogens (tertiary/aromatic N) is 1. The van der Waals surface area contributed by atoms with Crippen LogP contribution in [0.1, 0.15) is 39.5 Å². The van der Waals surface area contributed by atoms with Crippen molar-refractivity contribution in [2.45, 2.75) is 45.6 Å². The van der Waals surface area contributed by atoms with Crippen molar-refractivity contribution in [3.8, 4) is 0 Å². The lowest BCUT2D eigenvalue weighted by molar-refractivity contribution is -0.00302. The minimum absolute atomic E-state index is 0.533. The lowest BCUT2D eigenvalue weighted by Crippen LogP contribution is -2.30. The molecule has 0 N–H and O–H groups in total. The van der Waals surface area contributed by atoms with E-state index < -0.39 is 0 Å². The molecule has 0 saturated heterocycles. The van der Waals surface area contributed by atoms with E-state index in [0.29, 0.717) is 12.0 Å². The molecule has 1 aliphatic carbocycles. The van der Waals surface area contributed by atoms with E-state index in [2.05, 4.69) is 32.8 Å². The SMILES string of the molecule is CC(C)COC1CCCC(CN(C)C)C1. The van der Waals surface area contributed by atoms with Crippen LogP contribution in [0.4, 0.5) is 0 Å². The summed E-state index contributed by atoms with van der Waals surface area (Å²) in [6, 6.07) is 0. The average molecular weight is 213 g/mol. The third kappa shape index (κ3) is 5.53. The molecular formula is C13H27NO. The first-order valence-electron chi connectivity index (χ1n) is 6.34. The third-order valence-electron chi connectivity index (χ3n) is 3.02. The molecule has 0 heterocycles. The maximum Gasteiger partial charge on any atom is 0.0578 e. The van der Waals surface area contributed by atoms with Gasteiger partial charge < -0.3 is 9.64 Å². The van der Waals surface area contributed by atoms with Crippen LogP contribution in [-0.4, -0.2) is 38.3 Å². The smallest absolute Gasteiger partial charge is 0.0578 e. The number of hydrogen-bond acceptors (Lipinski definition) is 2. The Balaban J connectivity index is 2.23.